The lowest BCUT2D eigenvalue weighted by molar-refractivity contribution is -0.136. The van der Waals surface area contributed by atoms with Crippen molar-refractivity contribution in [2.24, 2.45) is 0 Å². The van der Waals surface area contributed by atoms with Gasteiger partial charge in [-0.15, -0.1) is 0 Å². The predicted molar refractivity (Wildman–Crippen MR) is 113 cm³/mol. The molecule has 0 aliphatic carbocycles. The van der Waals surface area contributed by atoms with Gasteiger partial charge in [0.2, 0.25) is 6.79 Å². The molecular weight excluding hydrogens is 402 g/mol. The van der Waals surface area contributed by atoms with Gasteiger partial charge in [-0.1, -0.05) is 18.2 Å². The van der Waals surface area contributed by atoms with Crippen molar-refractivity contribution in [2.45, 2.75) is 19.9 Å². The summed E-state index contributed by atoms with van der Waals surface area (Å²) in [5.41, 5.74) is 1.34. The van der Waals surface area contributed by atoms with Crippen molar-refractivity contribution in [3.8, 4) is 11.5 Å². The van der Waals surface area contributed by atoms with E-state index in [0.717, 1.165) is 5.56 Å². The number of hydrogen-bond donors (Lipinski definition) is 3. The Kier molecular flexibility index (Phi) is 7.83. The Morgan fingerprint density at radius 2 is 1.81 bits per heavy atom. The van der Waals surface area contributed by atoms with Crippen molar-refractivity contribution in [3.63, 3.8) is 0 Å². The molecule has 9 nitrogen and oxygen atoms in total. The molecule has 0 aromatic heterocycles. The van der Waals surface area contributed by atoms with E-state index in [2.05, 4.69) is 16.0 Å². The maximum absolute atomic E-state index is 12.7. The summed E-state index contributed by atoms with van der Waals surface area (Å²) in [4.78, 5) is 36.8. The summed E-state index contributed by atoms with van der Waals surface area (Å²) in [6.07, 6.45) is 0.603. The Hall–Kier alpha value is -3.59. The van der Waals surface area contributed by atoms with E-state index in [0.29, 0.717) is 37.7 Å². The lowest BCUT2D eigenvalue weighted by Gasteiger charge is -2.12. The molecule has 3 N–H and O–H groups in total. The number of nitrogens with one attached hydrogen (secondary N) is 3. The van der Waals surface area contributed by atoms with Crippen LogP contribution in [0.1, 0.15) is 29.3 Å². The first kappa shape index (κ1) is 22.1. The van der Waals surface area contributed by atoms with Crippen LogP contribution in [0.2, 0.25) is 0 Å². The lowest BCUT2D eigenvalue weighted by atomic mass is 10.1. The number of carbonyl (C=O) groups excluding carboxylic acids is 3. The standard InChI is InChI=1S/C22H25N3O6/c1-2-29-11-5-10-23-21(27)22(28)25-17-7-4-3-6-16(17)20(26)24-13-15-8-9-18-19(12-15)31-14-30-18/h3-4,6-9,12H,2,5,10-11,13-14H2,1H3,(H,23,27)(H,24,26)(H,25,28). The topological polar surface area (TPSA) is 115 Å². The molecule has 1 aliphatic heterocycles. The quantitative estimate of drug-likeness (QED) is 0.415. The number of fused-ring (bicyclic) bond motifs is 1. The van der Waals surface area contributed by atoms with Gasteiger partial charge in [-0.2, -0.15) is 0 Å². The van der Waals surface area contributed by atoms with E-state index in [4.69, 9.17) is 14.2 Å². The normalized spacial score (nSPS) is 11.6. The number of para-hydroxylation sites is 1. The average molecular weight is 427 g/mol. The number of benzene rings is 2. The summed E-state index contributed by atoms with van der Waals surface area (Å²) in [5.74, 6) is -0.698. The van der Waals surface area contributed by atoms with Crippen molar-refractivity contribution in [2.75, 3.05) is 31.9 Å². The molecule has 0 atom stereocenters. The molecule has 0 spiro atoms. The first-order chi connectivity index (χ1) is 15.1. The summed E-state index contributed by atoms with van der Waals surface area (Å²) in [5, 5.41) is 7.82. The van der Waals surface area contributed by atoms with Crippen LogP contribution in [0.15, 0.2) is 42.5 Å². The highest BCUT2D eigenvalue weighted by molar-refractivity contribution is 6.40. The minimum Gasteiger partial charge on any atom is -0.454 e. The van der Waals surface area contributed by atoms with Crippen LogP contribution in [-0.2, 0) is 20.9 Å². The van der Waals surface area contributed by atoms with E-state index in [1.807, 2.05) is 13.0 Å². The highest BCUT2D eigenvalue weighted by Gasteiger charge is 2.18. The molecular formula is C22H25N3O6. The van der Waals surface area contributed by atoms with Gasteiger partial charge in [0.05, 0.1) is 11.3 Å². The van der Waals surface area contributed by atoms with Gasteiger partial charge >= 0.3 is 11.8 Å². The number of amides is 3. The summed E-state index contributed by atoms with van der Waals surface area (Å²) < 4.78 is 15.8. The number of anilines is 1. The highest BCUT2D eigenvalue weighted by Crippen LogP contribution is 2.32. The smallest absolute Gasteiger partial charge is 0.313 e. The predicted octanol–water partition coefficient (Wildman–Crippen LogP) is 1.83. The fraction of sp³-hybridized carbons (Fsp3) is 0.318. The number of carbonyl (C=O) groups is 3. The van der Waals surface area contributed by atoms with E-state index in [9.17, 15) is 14.4 Å². The van der Waals surface area contributed by atoms with E-state index < -0.39 is 11.8 Å². The lowest BCUT2D eigenvalue weighted by Crippen LogP contribution is -2.36. The molecule has 1 aliphatic rings. The van der Waals surface area contributed by atoms with Crippen molar-refractivity contribution in [3.05, 3.63) is 53.6 Å². The highest BCUT2D eigenvalue weighted by atomic mass is 16.7. The molecule has 31 heavy (non-hydrogen) atoms. The molecule has 0 fully saturated rings. The van der Waals surface area contributed by atoms with E-state index in [-0.39, 0.29) is 30.5 Å². The van der Waals surface area contributed by atoms with Crippen LogP contribution in [0.25, 0.3) is 0 Å². The minimum absolute atomic E-state index is 0.179. The summed E-state index contributed by atoms with van der Waals surface area (Å²) in [7, 11) is 0. The van der Waals surface area contributed by atoms with Crippen LogP contribution in [0, 0.1) is 0 Å². The van der Waals surface area contributed by atoms with Gasteiger partial charge < -0.3 is 30.2 Å². The van der Waals surface area contributed by atoms with Gasteiger partial charge in [-0.05, 0) is 43.2 Å². The fourth-order valence-corrected chi connectivity index (χ4v) is 2.90. The van der Waals surface area contributed by atoms with Crippen molar-refractivity contribution in [1.29, 1.82) is 0 Å². The monoisotopic (exact) mass is 427 g/mol. The third-order valence-electron chi connectivity index (χ3n) is 4.47. The molecule has 0 radical (unpaired) electrons. The molecule has 1 heterocycles. The van der Waals surface area contributed by atoms with Gasteiger partial charge in [0.25, 0.3) is 5.91 Å². The molecule has 0 unspecified atom stereocenters. The van der Waals surface area contributed by atoms with Gasteiger partial charge in [-0.3, -0.25) is 14.4 Å². The van der Waals surface area contributed by atoms with Crippen LogP contribution < -0.4 is 25.4 Å². The molecule has 3 amide bonds. The second kappa shape index (κ2) is 11.0. The molecule has 0 saturated carbocycles. The van der Waals surface area contributed by atoms with Crippen molar-refractivity contribution >= 4 is 23.4 Å². The largest absolute Gasteiger partial charge is 0.454 e. The van der Waals surface area contributed by atoms with Gasteiger partial charge in [0, 0.05) is 26.3 Å². The zero-order chi connectivity index (χ0) is 22.1. The Labute approximate surface area is 180 Å². The maximum Gasteiger partial charge on any atom is 0.313 e. The molecule has 2 aromatic carbocycles. The average Bonchev–Trinajstić information content (AvgIpc) is 3.25. The van der Waals surface area contributed by atoms with Gasteiger partial charge in [0.1, 0.15) is 0 Å². The fourth-order valence-electron chi connectivity index (χ4n) is 2.90. The van der Waals surface area contributed by atoms with Crippen LogP contribution >= 0.6 is 0 Å². The first-order valence-corrected chi connectivity index (χ1v) is 10.0. The second-order valence-corrected chi connectivity index (χ2v) is 6.68. The third-order valence-corrected chi connectivity index (χ3v) is 4.47. The van der Waals surface area contributed by atoms with Crippen LogP contribution in [-0.4, -0.2) is 44.3 Å². The Balaban J connectivity index is 1.54. The van der Waals surface area contributed by atoms with Gasteiger partial charge in [-0.25, -0.2) is 0 Å². The summed E-state index contributed by atoms with van der Waals surface area (Å²) in [6.45, 7) is 3.75. The first-order valence-electron chi connectivity index (χ1n) is 10.0. The zero-order valence-corrected chi connectivity index (χ0v) is 17.2. The molecule has 164 valence electrons. The van der Waals surface area contributed by atoms with Crippen LogP contribution in [0.3, 0.4) is 0 Å². The number of hydrogen-bond acceptors (Lipinski definition) is 6. The maximum atomic E-state index is 12.7. The molecule has 3 rings (SSSR count). The van der Waals surface area contributed by atoms with Crippen molar-refractivity contribution in [1.82, 2.24) is 10.6 Å². The Bertz CT molecular complexity index is 947. The van der Waals surface area contributed by atoms with E-state index in [1.54, 1.807) is 36.4 Å². The SMILES string of the molecule is CCOCCCNC(=O)C(=O)Nc1ccccc1C(=O)NCc1ccc2c(c1)OCO2. The summed E-state index contributed by atoms with van der Waals surface area (Å²) >= 11 is 0. The number of ether oxygens (including phenoxy) is 3. The number of rotatable bonds is 9. The molecule has 0 bridgehead atoms. The van der Waals surface area contributed by atoms with E-state index >= 15 is 0 Å². The third kappa shape index (κ3) is 6.19. The zero-order valence-electron chi connectivity index (χ0n) is 17.2. The second-order valence-electron chi connectivity index (χ2n) is 6.68. The van der Waals surface area contributed by atoms with Crippen LogP contribution in [0.4, 0.5) is 5.69 Å². The van der Waals surface area contributed by atoms with Crippen molar-refractivity contribution < 1.29 is 28.6 Å². The summed E-state index contributed by atoms with van der Waals surface area (Å²) in [6, 6.07) is 11.9. The molecule has 2 aromatic rings. The molecule has 9 heteroatoms. The molecule has 0 saturated heterocycles. The Morgan fingerprint density at radius 1 is 1.00 bits per heavy atom. The minimum atomic E-state index is -0.840. The van der Waals surface area contributed by atoms with E-state index in [1.165, 1.54) is 0 Å². The van der Waals surface area contributed by atoms with Crippen LogP contribution in [0.5, 0.6) is 11.5 Å². The Morgan fingerprint density at radius 3 is 2.65 bits per heavy atom. The van der Waals surface area contributed by atoms with Gasteiger partial charge in [0.15, 0.2) is 11.5 Å².